The first-order chi connectivity index (χ1) is 6.72. The molecule has 1 unspecified atom stereocenters. The van der Waals surface area contributed by atoms with Crippen molar-refractivity contribution in [3.63, 3.8) is 0 Å². The number of nitrogen functional groups attached to an aromatic ring is 2. The summed E-state index contributed by atoms with van der Waals surface area (Å²) in [5.41, 5.74) is 11.6. The average molecular weight is 215 g/mol. The molecule has 1 heterocycles. The van der Waals surface area contributed by atoms with Crippen LogP contribution in [0.3, 0.4) is 0 Å². The lowest BCUT2D eigenvalue weighted by Crippen LogP contribution is -2.07. The van der Waals surface area contributed by atoms with Gasteiger partial charge in [0, 0.05) is 17.8 Å². The lowest BCUT2D eigenvalue weighted by Gasteiger charge is -2.06. The van der Waals surface area contributed by atoms with Crippen LogP contribution in [0.1, 0.15) is 0 Å². The van der Waals surface area contributed by atoms with Gasteiger partial charge in [-0.2, -0.15) is 4.98 Å². The number of pyridine rings is 1. The van der Waals surface area contributed by atoms with E-state index in [9.17, 15) is 0 Å². The molecule has 1 atom stereocenters. The molecule has 0 aromatic carbocycles. The smallest absolute Gasteiger partial charge is 0.217 e. The predicted molar refractivity (Wildman–Crippen MR) is 59.1 cm³/mol. The zero-order valence-corrected chi connectivity index (χ0v) is 8.93. The number of rotatable bonds is 5. The van der Waals surface area contributed by atoms with Gasteiger partial charge in [0.15, 0.2) is 0 Å². The molecule has 1 aromatic heterocycles. The Kier molecular flexibility index (Phi) is 4.43. The van der Waals surface area contributed by atoms with Crippen molar-refractivity contribution < 1.29 is 9.47 Å². The summed E-state index contributed by atoms with van der Waals surface area (Å²) in [5.74, 6) is 0.779. The Bertz CT molecular complexity index is 276. The van der Waals surface area contributed by atoms with Crippen molar-refractivity contribution in [3.8, 4) is 5.88 Å². The minimum Gasteiger partial charge on any atom is -0.475 e. The molecule has 0 saturated heterocycles. The van der Waals surface area contributed by atoms with E-state index in [0.717, 1.165) is 0 Å². The molecule has 0 fully saturated rings. The van der Waals surface area contributed by atoms with Gasteiger partial charge in [-0.25, -0.2) is 0 Å². The molecule has 0 aliphatic heterocycles. The minimum absolute atomic E-state index is 0.354. The molecule has 6 heteroatoms. The summed E-state index contributed by atoms with van der Waals surface area (Å²) in [6.45, 7) is 0.949. The van der Waals surface area contributed by atoms with Crippen LogP contribution >= 0.6 is 9.24 Å². The molecule has 78 valence electrons. The number of ether oxygens (including phenoxy) is 2. The Morgan fingerprint density at radius 2 is 2.07 bits per heavy atom. The molecule has 0 bridgehead atoms. The maximum absolute atomic E-state index is 5.56. The maximum atomic E-state index is 5.56. The van der Waals surface area contributed by atoms with Crippen molar-refractivity contribution in [3.05, 3.63) is 12.1 Å². The largest absolute Gasteiger partial charge is 0.475 e. The van der Waals surface area contributed by atoms with E-state index in [0.29, 0.717) is 36.9 Å². The number of nitrogens with two attached hydrogens (primary N) is 2. The summed E-state index contributed by atoms with van der Waals surface area (Å²) in [7, 11) is 2.46. The van der Waals surface area contributed by atoms with Crippen LogP contribution in [0.25, 0.3) is 0 Å². The molecule has 0 saturated carbocycles. The second-order valence-corrected chi connectivity index (χ2v) is 2.92. The molecule has 0 spiro atoms. The highest BCUT2D eigenvalue weighted by Gasteiger charge is 1.98. The van der Waals surface area contributed by atoms with Gasteiger partial charge >= 0.3 is 0 Å². The number of hydrogen-bond acceptors (Lipinski definition) is 5. The topological polar surface area (TPSA) is 83.4 Å². The van der Waals surface area contributed by atoms with Gasteiger partial charge in [0.25, 0.3) is 0 Å². The van der Waals surface area contributed by atoms with Gasteiger partial charge in [0.1, 0.15) is 12.4 Å². The lowest BCUT2D eigenvalue weighted by molar-refractivity contribution is 0.133. The van der Waals surface area contributed by atoms with Crippen molar-refractivity contribution in [1.29, 1.82) is 0 Å². The number of hydrogen-bond donors (Lipinski definition) is 2. The summed E-state index contributed by atoms with van der Waals surface area (Å²) >= 11 is 0. The molecule has 0 radical (unpaired) electrons. The van der Waals surface area contributed by atoms with Crippen molar-refractivity contribution in [2.75, 3.05) is 31.0 Å². The second-order valence-electron chi connectivity index (χ2n) is 2.59. The van der Waals surface area contributed by atoms with Gasteiger partial charge < -0.3 is 20.9 Å². The zero-order valence-electron chi connectivity index (χ0n) is 7.77. The van der Waals surface area contributed by atoms with E-state index in [1.54, 1.807) is 12.1 Å². The second kappa shape index (κ2) is 5.62. The first kappa shape index (κ1) is 11.0. The summed E-state index contributed by atoms with van der Waals surface area (Å²) in [4.78, 5) is 3.95. The highest BCUT2D eigenvalue weighted by atomic mass is 31.0. The zero-order chi connectivity index (χ0) is 10.4. The third-order valence-corrected chi connectivity index (χ3v) is 1.68. The molecule has 5 nitrogen and oxygen atoms in total. The Hall–Kier alpha value is -1.06. The monoisotopic (exact) mass is 215 g/mol. The fourth-order valence-electron chi connectivity index (χ4n) is 0.909. The minimum atomic E-state index is 0.354. The predicted octanol–water partition coefficient (Wildman–Crippen LogP) is 0.474. The normalized spacial score (nSPS) is 10.1. The van der Waals surface area contributed by atoms with E-state index in [2.05, 4.69) is 14.2 Å². The third kappa shape index (κ3) is 3.77. The molecule has 1 rings (SSSR count). The van der Waals surface area contributed by atoms with E-state index >= 15 is 0 Å². The molecule has 1 aromatic rings. The fourth-order valence-corrected chi connectivity index (χ4v) is 1.08. The standard InChI is InChI=1S/C8H14N3O2P/c9-6-3-7(10)11-8(4-6)13-2-1-12-5-14/h3-4H,1-2,5,14H2,(H4,9,10,11). The first-order valence-electron chi connectivity index (χ1n) is 4.16. The summed E-state index contributed by atoms with van der Waals surface area (Å²) in [6.07, 6.45) is 0.593. The summed E-state index contributed by atoms with van der Waals surface area (Å²) in [6, 6.07) is 3.20. The van der Waals surface area contributed by atoms with Gasteiger partial charge in [0.2, 0.25) is 5.88 Å². The quantitative estimate of drug-likeness (QED) is 0.551. The van der Waals surface area contributed by atoms with Crippen LogP contribution in [-0.2, 0) is 4.74 Å². The third-order valence-electron chi connectivity index (χ3n) is 1.44. The van der Waals surface area contributed by atoms with Crippen molar-refractivity contribution in [2.24, 2.45) is 0 Å². The number of nitrogens with zero attached hydrogens (tertiary/aromatic N) is 1. The van der Waals surface area contributed by atoms with Crippen LogP contribution in [-0.4, -0.2) is 24.5 Å². The van der Waals surface area contributed by atoms with Crippen LogP contribution < -0.4 is 16.2 Å². The van der Waals surface area contributed by atoms with Gasteiger partial charge in [-0.3, -0.25) is 0 Å². The molecule has 0 aliphatic carbocycles. The van der Waals surface area contributed by atoms with E-state index < -0.39 is 0 Å². The van der Waals surface area contributed by atoms with E-state index in [1.165, 1.54) is 0 Å². The maximum Gasteiger partial charge on any atom is 0.217 e. The number of anilines is 2. The molecule has 0 aliphatic rings. The fraction of sp³-hybridized carbons (Fsp3) is 0.375. The highest BCUT2D eigenvalue weighted by molar-refractivity contribution is 7.16. The van der Waals surface area contributed by atoms with Crippen molar-refractivity contribution in [1.82, 2.24) is 4.98 Å². The van der Waals surface area contributed by atoms with E-state index in [4.69, 9.17) is 20.9 Å². The summed E-state index contributed by atoms with van der Waals surface area (Å²) < 4.78 is 10.3. The van der Waals surface area contributed by atoms with Gasteiger partial charge in [-0.15, -0.1) is 9.24 Å². The Morgan fingerprint density at radius 1 is 1.29 bits per heavy atom. The molecule has 0 amide bonds. The van der Waals surface area contributed by atoms with Crippen molar-refractivity contribution in [2.45, 2.75) is 0 Å². The Balaban J connectivity index is 2.42. The number of aromatic nitrogens is 1. The van der Waals surface area contributed by atoms with Crippen molar-refractivity contribution >= 4 is 20.7 Å². The van der Waals surface area contributed by atoms with Gasteiger partial charge in [-0.05, 0) is 0 Å². The van der Waals surface area contributed by atoms with Crippen LogP contribution in [0.5, 0.6) is 5.88 Å². The lowest BCUT2D eigenvalue weighted by atomic mass is 10.4. The molecule has 4 N–H and O–H groups in total. The summed E-state index contributed by atoms with van der Waals surface area (Å²) in [5, 5.41) is 0. The van der Waals surface area contributed by atoms with E-state index in [-0.39, 0.29) is 0 Å². The van der Waals surface area contributed by atoms with Crippen LogP contribution in [0.4, 0.5) is 11.5 Å². The van der Waals surface area contributed by atoms with Crippen LogP contribution in [0, 0.1) is 0 Å². The van der Waals surface area contributed by atoms with Gasteiger partial charge in [0.05, 0.1) is 13.0 Å². The molecule has 14 heavy (non-hydrogen) atoms. The van der Waals surface area contributed by atoms with Gasteiger partial charge in [-0.1, -0.05) is 0 Å². The SMILES string of the molecule is Nc1cc(N)nc(OCCOCP)c1. The molecular weight excluding hydrogens is 201 g/mol. The Morgan fingerprint density at radius 3 is 2.71 bits per heavy atom. The van der Waals surface area contributed by atoms with E-state index in [1.807, 2.05) is 0 Å². The van der Waals surface area contributed by atoms with Crippen LogP contribution in [0.2, 0.25) is 0 Å². The first-order valence-corrected chi connectivity index (χ1v) is 4.97. The highest BCUT2D eigenvalue weighted by Crippen LogP contribution is 2.15. The average Bonchev–Trinajstić information content (AvgIpc) is 2.11. The van der Waals surface area contributed by atoms with Crippen LogP contribution in [0.15, 0.2) is 12.1 Å². The molecular formula is C8H14N3O2P. The Labute approximate surface area is 85.0 Å².